The maximum Gasteiger partial charge on any atom is 0.344 e. The van der Waals surface area contributed by atoms with Crippen LogP contribution in [0.4, 0.5) is 5.69 Å². The molecule has 0 atom stereocenters. The van der Waals surface area contributed by atoms with Gasteiger partial charge in [-0.05, 0) is 42.5 Å². The van der Waals surface area contributed by atoms with E-state index >= 15 is 0 Å². The number of halogens is 2. The minimum Gasteiger partial charge on any atom is -0.497 e. The summed E-state index contributed by atoms with van der Waals surface area (Å²) in [6.07, 6.45) is 0. The summed E-state index contributed by atoms with van der Waals surface area (Å²) in [6, 6.07) is 11.3. The van der Waals surface area contributed by atoms with Crippen LogP contribution < -0.4 is 14.8 Å². The van der Waals surface area contributed by atoms with Gasteiger partial charge in [-0.15, -0.1) is 0 Å². The van der Waals surface area contributed by atoms with Gasteiger partial charge in [0.05, 0.1) is 17.2 Å². The lowest BCUT2D eigenvalue weighted by atomic mass is 10.3. The van der Waals surface area contributed by atoms with E-state index < -0.39 is 18.5 Å². The lowest BCUT2D eigenvalue weighted by Crippen LogP contribution is -2.23. The standard InChI is InChI=1S/C17H15Cl2NO5/c1-23-12-3-5-13(6-4-12)24-10-17(22)25-9-16(21)20-11-2-7-14(18)15(19)8-11/h2-8H,9-10H2,1H3,(H,20,21). The quantitative estimate of drug-likeness (QED) is 0.739. The van der Waals surface area contributed by atoms with E-state index in [0.29, 0.717) is 27.2 Å². The van der Waals surface area contributed by atoms with Crippen molar-refractivity contribution in [2.45, 2.75) is 0 Å². The molecule has 0 aliphatic rings. The topological polar surface area (TPSA) is 73.9 Å². The van der Waals surface area contributed by atoms with Gasteiger partial charge in [0.1, 0.15) is 11.5 Å². The van der Waals surface area contributed by atoms with Crippen LogP contribution in [0.2, 0.25) is 10.0 Å². The van der Waals surface area contributed by atoms with Crippen molar-refractivity contribution in [1.29, 1.82) is 0 Å². The van der Waals surface area contributed by atoms with E-state index in [1.54, 1.807) is 43.5 Å². The maximum absolute atomic E-state index is 11.7. The van der Waals surface area contributed by atoms with E-state index in [2.05, 4.69) is 5.32 Å². The van der Waals surface area contributed by atoms with Crippen molar-refractivity contribution in [3.05, 3.63) is 52.5 Å². The van der Waals surface area contributed by atoms with E-state index in [1.165, 1.54) is 6.07 Å². The van der Waals surface area contributed by atoms with E-state index in [1.807, 2.05) is 0 Å². The summed E-state index contributed by atoms with van der Waals surface area (Å²) in [4.78, 5) is 23.3. The van der Waals surface area contributed by atoms with Crippen LogP contribution in [0, 0.1) is 0 Å². The van der Waals surface area contributed by atoms with Gasteiger partial charge < -0.3 is 19.5 Å². The fourth-order valence-corrected chi connectivity index (χ4v) is 2.07. The number of hydrogen-bond donors (Lipinski definition) is 1. The van der Waals surface area contributed by atoms with Gasteiger partial charge in [-0.1, -0.05) is 23.2 Å². The van der Waals surface area contributed by atoms with Crippen molar-refractivity contribution in [2.75, 3.05) is 25.6 Å². The number of anilines is 1. The highest BCUT2D eigenvalue weighted by atomic mass is 35.5. The van der Waals surface area contributed by atoms with Gasteiger partial charge in [-0.3, -0.25) is 4.79 Å². The molecule has 6 nitrogen and oxygen atoms in total. The van der Waals surface area contributed by atoms with Gasteiger partial charge in [-0.25, -0.2) is 4.79 Å². The van der Waals surface area contributed by atoms with Crippen LogP contribution in [0.1, 0.15) is 0 Å². The van der Waals surface area contributed by atoms with E-state index in [-0.39, 0.29) is 6.61 Å². The van der Waals surface area contributed by atoms with Gasteiger partial charge in [0, 0.05) is 5.69 Å². The molecule has 0 aromatic heterocycles. The molecule has 8 heteroatoms. The highest BCUT2D eigenvalue weighted by Crippen LogP contribution is 2.24. The van der Waals surface area contributed by atoms with Gasteiger partial charge in [0.25, 0.3) is 5.91 Å². The molecule has 25 heavy (non-hydrogen) atoms. The molecule has 0 bridgehead atoms. The second kappa shape index (κ2) is 9.15. The molecule has 0 aliphatic carbocycles. The number of benzene rings is 2. The van der Waals surface area contributed by atoms with Crippen LogP contribution in [-0.2, 0) is 14.3 Å². The molecule has 0 radical (unpaired) electrons. The fourth-order valence-electron chi connectivity index (χ4n) is 1.77. The third-order valence-corrected chi connectivity index (χ3v) is 3.72. The Hall–Kier alpha value is -2.44. The van der Waals surface area contributed by atoms with Crippen molar-refractivity contribution in [2.24, 2.45) is 0 Å². The minimum absolute atomic E-state index is 0.310. The Morgan fingerprint density at radius 1 is 0.960 bits per heavy atom. The van der Waals surface area contributed by atoms with Crippen LogP contribution in [0.3, 0.4) is 0 Å². The number of hydrogen-bond acceptors (Lipinski definition) is 5. The van der Waals surface area contributed by atoms with Crippen LogP contribution in [0.5, 0.6) is 11.5 Å². The van der Waals surface area contributed by atoms with Crippen LogP contribution in [0.15, 0.2) is 42.5 Å². The summed E-state index contributed by atoms with van der Waals surface area (Å²) in [5, 5.41) is 3.22. The van der Waals surface area contributed by atoms with Crippen molar-refractivity contribution >= 4 is 40.8 Å². The lowest BCUT2D eigenvalue weighted by molar-refractivity contribution is -0.149. The molecule has 2 aromatic rings. The number of methoxy groups -OCH3 is 1. The monoisotopic (exact) mass is 383 g/mol. The number of ether oxygens (including phenoxy) is 3. The van der Waals surface area contributed by atoms with E-state index in [0.717, 1.165) is 0 Å². The smallest absolute Gasteiger partial charge is 0.344 e. The average molecular weight is 384 g/mol. The highest BCUT2D eigenvalue weighted by molar-refractivity contribution is 6.42. The number of carbonyl (C=O) groups is 2. The Morgan fingerprint density at radius 2 is 1.64 bits per heavy atom. The zero-order chi connectivity index (χ0) is 18.2. The fraction of sp³-hybridized carbons (Fsp3) is 0.176. The minimum atomic E-state index is -0.667. The maximum atomic E-state index is 11.7. The zero-order valence-corrected chi connectivity index (χ0v) is 14.8. The zero-order valence-electron chi connectivity index (χ0n) is 13.3. The summed E-state index contributed by atoms with van der Waals surface area (Å²) >= 11 is 11.6. The second-order valence-electron chi connectivity index (χ2n) is 4.80. The molecule has 0 saturated heterocycles. The summed E-state index contributed by atoms with van der Waals surface area (Å²) in [5.41, 5.74) is 0.449. The van der Waals surface area contributed by atoms with Gasteiger partial charge in [0.2, 0.25) is 0 Å². The van der Waals surface area contributed by atoms with Crippen molar-refractivity contribution < 1.29 is 23.8 Å². The summed E-state index contributed by atoms with van der Waals surface area (Å²) < 4.78 is 15.1. The third-order valence-electron chi connectivity index (χ3n) is 2.98. The second-order valence-corrected chi connectivity index (χ2v) is 5.62. The first-order valence-electron chi connectivity index (χ1n) is 7.15. The summed E-state index contributed by atoms with van der Waals surface area (Å²) in [7, 11) is 1.55. The number of rotatable bonds is 7. The van der Waals surface area contributed by atoms with Gasteiger partial charge >= 0.3 is 5.97 Å². The van der Waals surface area contributed by atoms with Gasteiger partial charge in [-0.2, -0.15) is 0 Å². The number of amides is 1. The van der Waals surface area contributed by atoms with Crippen molar-refractivity contribution in [3.8, 4) is 11.5 Å². The van der Waals surface area contributed by atoms with Gasteiger partial charge in [0.15, 0.2) is 13.2 Å². The van der Waals surface area contributed by atoms with Crippen LogP contribution in [-0.4, -0.2) is 32.2 Å². The first kappa shape index (κ1) is 18.9. The van der Waals surface area contributed by atoms with Crippen molar-refractivity contribution in [3.63, 3.8) is 0 Å². The Kier molecular flexibility index (Phi) is 6.91. The molecule has 0 spiro atoms. The predicted octanol–water partition coefficient (Wildman–Crippen LogP) is 3.56. The molecular formula is C17H15Cl2NO5. The molecule has 2 aromatic carbocycles. The molecule has 0 aliphatic heterocycles. The molecule has 1 N–H and O–H groups in total. The summed E-state index contributed by atoms with van der Waals surface area (Å²) in [5.74, 6) is -0.0109. The Morgan fingerprint density at radius 3 is 2.28 bits per heavy atom. The van der Waals surface area contributed by atoms with Crippen LogP contribution in [0.25, 0.3) is 0 Å². The average Bonchev–Trinajstić information content (AvgIpc) is 2.61. The molecule has 2 rings (SSSR count). The number of carbonyl (C=O) groups excluding carboxylic acids is 2. The molecule has 1 amide bonds. The molecule has 0 fully saturated rings. The highest BCUT2D eigenvalue weighted by Gasteiger charge is 2.10. The normalized spacial score (nSPS) is 10.0. The molecule has 0 saturated carbocycles. The number of nitrogens with one attached hydrogen (secondary N) is 1. The first-order chi connectivity index (χ1) is 12.0. The van der Waals surface area contributed by atoms with E-state index in [4.69, 9.17) is 37.4 Å². The predicted molar refractivity (Wildman–Crippen MR) is 94.5 cm³/mol. The molecular weight excluding hydrogens is 369 g/mol. The lowest BCUT2D eigenvalue weighted by Gasteiger charge is -2.09. The number of esters is 1. The summed E-state index contributed by atoms with van der Waals surface area (Å²) in [6.45, 7) is -0.753. The van der Waals surface area contributed by atoms with E-state index in [9.17, 15) is 9.59 Å². The Labute approximate surface area is 154 Å². The SMILES string of the molecule is COc1ccc(OCC(=O)OCC(=O)Nc2ccc(Cl)c(Cl)c2)cc1. The first-order valence-corrected chi connectivity index (χ1v) is 7.91. The molecule has 0 heterocycles. The van der Waals surface area contributed by atoms with Crippen molar-refractivity contribution in [1.82, 2.24) is 0 Å². The molecule has 132 valence electrons. The van der Waals surface area contributed by atoms with Crippen LogP contribution >= 0.6 is 23.2 Å². The third kappa shape index (κ3) is 6.17. The Bertz CT molecular complexity index is 749. The largest absolute Gasteiger partial charge is 0.497 e. The Balaban J connectivity index is 1.73. The molecule has 0 unspecified atom stereocenters.